The number of nitrogens with zero attached hydrogens (tertiary/aromatic N) is 2. The van der Waals surface area contributed by atoms with Crippen LogP contribution in [0.1, 0.15) is 36.5 Å². The lowest BCUT2D eigenvalue weighted by molar-refractivity contribution is 0.632. The number of thioether (sulfide) groups is 1. The van der Waals surface area contributed by atoms with E-state index in [1.807, 2.05) is 11.8 Å². The van der Waals surface area contributed by atoms with Crippen LogP contribution in [0.25, 0.3) is 38.6 Å². The molecule has 6 aromatic carbocycles. The molecule has 48 heavy (non-hydrogen) atoms. The third-order valence-electron chi connectivity index (χ3n) is 10.7. The number of para-hydroxylation sites is 3. The van der Waals surface area contributed by atoms with Crippen LogP contribution in [-0.4, -0.2) is 9.82 Å². The lowest BCUT2D eigenvalue weighted by Crippen LogP contribution is -2.30. The molecule has 2 unspecified atom stereocenters. The van der Waals surface area contributed by atoms with Crippen LogP contribution in [0.3, 0.4) is 0 Å². The van der Waals surface area contributed by atoms with Crippen LogP contribution in [0.15, 0.2) is 163 Å². The molecule has 1 aliphatic carbocycles. The molecule has 0 fully saturated rings. The molecule has 0 radical (unpaired) electrons. The molecule has 0 saturated carbocycles. The third-order valence-corrected chi connectivity index (χ3v) is 12.1. The van der Waals surface area contributed by atoms with Gasteiger partial charge in [-0.25, -0.2) is 0 Å². The maximum absolute atomic E-state index is 2.47. The van der Waals surface area contributed by atoms with Crippen molar-refractivity contribution in [1.82, 2.24) is 4.57 Å². The van der Waals surface area contributed by atoms with Crippen molar-refractivity contribution < 1.29 is 0 Å². The molecule has 0 spiro atoms. The zero-order chi connectivity index (χ0) is 32.0. The highest BCUT2D eigenvalue weighted by Gasteiger charge is 2.38. The normalized spacial score (nSPS) is 18.5. The second-order valence-electron chi connectivity index (χ2n) is 13.7. The van der Waals surface area contributed by atoms with E-state index in [-0.39, 0.29) is 5.41 Å². The number of anilines is 3. The molecule has 2 atom stereocenters. The van der Waals surface area contributed by atoms with Crippen LogP contribution in [-0.2, 0) is 5.41 Å². The summed E-state index contributed by atoms with van der Waals surface area (Å²) in [5.74, 6) is 0.445. The van der Waals surface area contributed by atoms with E-state index in [2.05, 4.69) is 181 Å². The van der Waals surface area contributed by atoms with Crippen molar-refractivity contribution in [2.24, 2.45) is 0 Å². The summed E-state index contributed by atoms with van der Waals surface area (Å²) in [5.41, 5.74) is 13.8. The number of hydrogen-bond acceptors (Lipinski definition) is 2. The molecule has 7 aromatic rings. The van der Waals surface area contributed by atoms with E-state index in [1.165, 1.54) is 77.3 Å². The second kappa shape index (κ2) is 10.4. The SMILES string of the molecule is CC1(C)c2ccccc2N(c2ccccc2)c2cc3c4cc(-c5cccc6c5SC5C=CC=CC65)ccc4n(-c4ccccc4)c3cc21. The van der Waals surface area contributed by atoms with Crippen molar-refractivity contribution in [3.8, 4) is 16.8 Å². The van der Waals surface area contributed by atoms with Gasteiger partial charge in [0, 0.05) is 43.6 Å². The van der Waals surface area contributed by atoms with Crippen LogP contribution in [0.5, 0.6) is 0 Å². The molecule has 10 rings (SSSR count). The fourth-order valence-corrected chi connectivity index (χ4v) is 9.86. The first-order chi connectivity index (χ1) is 23.6. The van der Waals surface area contributed by atoms with Crippen molar-refractivity contribution in [1.29, 1.82) is 0 Å². The van der Waals surface area contributed by atoms with E-state index in [0.29, 0.717) is 11.2 Å². The largest absolute Gasteiger partial charge is 0.310 e. The van der Waals surface area contributed by atoms with Crippen LogP contribution in [0.4, 0.5) is 17.1 Å². The first kappa shape index (κ1) is 27.8. The van der Waals surface area contributed by atoms with Gasteiger partial charge in [0.25, 0.3) is 0 Å². The van der Waals surface area contributed by atoms with Gasteiger partial charge in [0.15, 0.2) is 0 Å². The van der Waals surface area contributed by atoms with Crippen molar-refractivity contribution in [2.75, 3.05) is 4.90 Å². The minimum atomic E-state index is -0.185. The smallest absolute Gasteiger partial charge is 0.0545 e. The molecule has 0 amide bonds. The van der Waals surface area contributed by atoms with Gasteiger partial charge in [0.05, 0.1) is 22.4 Å². The third kappa shape index (κ3) is 3.95. The van der Waals surface area contributed by atoms with E-state index in [9.17, 15) is 0 Å². The molecule has 0 saturated heterocycles. The molecule has 3 heterocycles. The van der Waals surface area contributed by atoms with Crippen molar-refractivity contribution in [3.63, 3.8) is 0 Å². The quantitative estimate of drug-likeness (QED) is 0.191. The minimum absolute atomic E-state index is 0.185. The molecular weight excluding hydrogens is 601 g/mol. The maximum atomic E-state index is 2.47. The zero-order valence-electron chi connectivity index (χ0n) is 27.0. The number of aromatic nitrogens is 1. The fraction of sp³-hybridized carbons (Fsp3) is 0.111. The van der Waals surface area contributed by atoms with E-state index in [1.54, 1.807) is 0 Å². The van der Waals surface area contributed by atoms with Crippen LogP contribution in [0.2, 0.25) is 0 Å². The van der Waals surface area contributed by atoms with Crippen LogP contribution in [0, 0.1) is 0 Å². The highest BCUT2D eigenvalue weighted by molar-refractivity contribution is 8.00. The second-order valence-corrected chi connectivity index (χ2v) is 14.9. The Kier molecular flexibility index (Phi) is 6.01. The predicted molar refractivity (Wildman–Crippen MR) is 204 cm³/mol. The molecule has 0 N–H and O–H groups in total. The van der Waals surface area contributed by atoms with Gasteiger partial charge in [-0.3, -0.25) is 0 Å². The number of rotatable bonds is 3. The standard InChI is InChI=1S/C45H34N2S/c1-45(2)37-21-10-11-22-40(37)47(31-16-7-4-8-17-31)42-27-36-35-26-29(32-19-13-20-34-33-18-9-12-23-43(33)48-44(32)34)24-25-39(35)46(41(36)28-38(42)45)30-14-5-3-6-15-30/h3-28,33,43H,1-2H3. The van der Waals surface area contributed by atoms with Gasteiger partial charge in [0.1, 0.15) is 0 Å². The van der Waals surface area contributed by atoms with Crippen LogP contribution >= 0.6 is 11.8 Å². The van der Waals surface area contributed by atoms with Gasteiger partial charge >= 0.3 is 0 Å². The molecule has 3 aliphatic rings. The van der Waals surface area contributed by atoms with Crippen molar-refractivity contribution in [3.05, 3.63) is 174 Å². The number of allylic oxidation sites excluding steroid dienone is 3. The topological polar surface area (TPSA) is 8.17 Å². The van der Waals surface area contributed by atoms with Gasteiger partial charge in [-0.15, -0.1) is 11.8 Å². The molecule has 0 bridgehead atoms. The predicted octanol–water partition coefficient (Wildman–Crippen LogP) is 12.2. The molecule has 1 aromatic heterocycles. The summed E-state index contributed by atoms with van der Waals surface area (Å²) in [6, 6.07) is 49.5. The molecule has 2 aliphatic heterocycles. The zero-order valence-corrected chi connectivity index (χ0v) is 27.8. The molecular formula is C45H34N2S. The lowest BCUT2D eigenvalue weighted by atomic mass is 9.73. The average molecular weight is 635 g/mol. The first-order valence-electron chi connectivity index (χ1n) is 16.9. The fourth-order valence-electron chi connectivity index (χ4n) is 8.38. The number of benzene rings is 6. The van der Waals surface area contributed by atoms with E-state index < -0.39 is 0 Å². The van der Waals surface area contributed by atoms with E-state index >= 15 is 0 Å². The molecule has 230 valence electrons. The summed E-state index contributed by atoms with van der Waals surface area (Å²) < 4.78 is 2.46. The Labute approximate surface area is 285 Å². The van der Waals surface area contributed by atoms with Gasteiger partial charge < -0.3 is 9.47 Å². The molecule has 2 nitrogen and oxygen atoms in total. The monoisotopic (exact) mass is 634 g/mol. The van der Waals surface area contributed by atoms with Crippen LogP contribution < -0.4 is 4.90 Å². The van der Waals surface area contributed by atoms with E-state index in [4.69, 9.17) is 0 Å². The summed E-state index contributed by atoms with van der Waals surface area (Å²) in [6.45, 7) is 4.75. The summed E-state index contributed by atoms with van der Waals surface area (Å²) in [7, 11) is 0. The Morgan fingerprint density at radius 1 is 0.583 bits per heavy atom. The Hall–Kier alpha value is -5.25. The summed E-state index contributed by atoms with van der Waals surface area (Å²) in [6.07, 6.45) is 9.12. The number of fused-ring (bicyclic) bond motifs is 8. The summed E-state index contributed by atoms with van der Waals surface area (Å²) in [4.78, 5) is 3.88. The van der Waals surface area contributed by atoms with Gasteiger partial charge in [-0.05, 0) is 82.4 Å². The maximum Gasteiger partial charge on any atom is 0.0545 e. The Balaban J connectivity index is 1.26. The summed E-state index contributed by atoms with van der Waals surface area (Å²) >= 11 is 2.01. The lowest BCUT2D eigenvalue weighted by Gasteiger charge is -2.42. The number of hydrogen-bond donors (Lipinski definition) is 0. The first-order valence-corrected chi connectivity index (χ1v) is 17.7. The van der Waals surface area contributed by atoms with Gasteiger partial charge in [0.2, 0.25) is 0 Å². The summed E-state index contributed by atoms with van der Waals surface area (Å²) in [5, 5.41) is 3.01. The Morgan fingerprint density at radius 2 is 1.31 bits per heavy atom. The van der Waals surface area contributed by atoms with Gasteiger partial charge in [-0.2, -0.15) is 0 Å². The van der Waals surface area contributed by atoms with E-state index in [0.717, 1.165) is 0 Å². The Morgan fingerprint density at radius 3 is 2.15 bits per heavy atom. The highest BCUT2D eigenvalue weighted by atomic mass is 32.2. The Bertz CT molecular complexity index is 2470. The minimum Gasteiger partial charge on any atom is -0.310 e. The molecule has 3 heteroatoms. The van der Waals surface area contributed by atoms with Crippen molar-refractivity contribution >= 4 is 50.6 Å². The highest BCUT2D eigenvalue weighted by Crippen LogP contribution is 2.55. The van der Waals surface area contributed by atoms with Gasteiger partial charge in [-0.1, -0.05) is 117 Å². The average Bonchev–Trinajstić information content (AvgIpc) is 3.67. The van der Waals surface area contributed by atoms with Crippen molar-refractivity contribution in [2.45, 2.75) is 35.3 Å².